The fraction of sp³-hybridized carbons (Fsp3) is 0.455. The second-order valence-corrected chi connectivity index (χ2v) is 7.44. The monoisotopic (exact) mass is 369 g/mol. The van der Waals surface area contributed by atoms with Gasteiger partial charge >= 0.3 is 0 Å². The van der Waals surface area contributed by atoms with Crippen LogP contribution in [0.15, 0.2) is 48.5 Å². The van der Waals surface area contributed by atoms with Crippen LogP contribution in [0.2, 0.25) is 0 Å². The van der Waals surface area contributed by atoms with Crippen molar-refractivity contribution < 1.29 is 4.92 Å². The SMILES string of the molecule is Cc1ccc(N[C@@H](CCCCc2ccccc2)CCN(C)C)c([N+](=O)[O-])c1. The van der Waals surface area contributed by atoms with Gasteiger partial charge < -0.3 is 10.2 Å². The van der Waals surface area contributed by atoms with E-state index in [1.165, 1.54) is 5.56 Å². The molecule has 0 fully saturated rings. The summed E-state index contributed by atoms with van der Waals surface area (Å²) < 4.78 is 0. The highest BCUT2D eigenvalue weighted by Crippen LogP contribution is 2.27. The number of benzene rings is 2. The Labute approximate surface area is 162 Å². The number of hydrogen-bond acceptors (Lipinski definition) is 4. The Morgan fingerprint density at radius 2 is 1.81 bits per heavy atom. The largest absolute Gasteiger partial charge is 0.377 e. The van der Waals surface area contributed by atoms with Crippen LogP contribution >= 0.6 is 0 Å². The number of anilines is 1. The highest BCUT2D eigenvalue weighted by Gasteiger charge is 2.17. The van der Waals surface area contributed by atoms with Crippen LogP contribution in [0.4, 0.5) is 11.4 Å². The molecule has 0 saturated carbocycles. The summed E-state index contributed by atoms with van der Waals surface area (Å²) in [6.45, 7) is 2.83. The molecule has 0 saturated heterocycles. The van der Waals surface area contributed by atoms with Gasteiger partial charge in [0.15, 0.2) is 0 Å². The van der Waals surface area contributed by atoms with Crippen molar-refractivity contribution in [3.63, 3.8) is 0 Å². The van der Waals surface area contributed by atoms with Gasteiger partial charge in [0.1, 0.15) is 5.69 Å². The summed E-state index contributed by atoms with van der Waals surface area (Å²) in [6.07, 6.45) is 5.26. The van der Waals surface area contributed by atoms with Gasteiger partial charge in [0.25, 0.3) is 5.69 Å². The Hall–Kier alpha value is -2.40. The van der Waals surface area contributed by atoms with Crippen LogP contribution in [-0.4, -0.2) is 36.5 Å². The molecule has 2 aromatic rings. The summed E-state index contributed by atoms with van der Waals surface area (Å²) in [7, 11) is 4.11. The van der Waals surface area contributed by atoms with Crippen molar-refractivity contribution >= 4 is 11.4 Å². The Morgan fingerprint density at radius 1 is 1.07 bits per heavy atom. The number of nitrogens with zero attached hydrogens (tertiary/aromatic N) is 2. The van der Waals surface area contributed by atoms with Crippen molar-refractivity contribution in [1.82, 2.24) is 4.90 Å². The van der Waals surface area contributed by atoms with Crippen molar-refractivity contribution in [3.8, 4) is 0 Å². The Kier molecular flexibility index (Phi) is 8.27. The Morgan fingerprint density at radius 3 is 2.48 bits per heavy atom. The summed E-state index contributed by atoms with van der Waals surface area (Å²) >= 11 is 0. The molecule has 0 aliphatic rings. The molecule has 0 heterocycles. The first kappa shape index (κ1) is 20.9. The third-order valence-electron chi connectivity index (χ3n) is 4.75. The second kappa shape index (κ2) is 10.7. The first-order valence-corrected chi connectivity index (χ1v) is 9.66. The number of nitro benzene ring substituents is 1. The minimum Gasteiger partial charge on any atom is -0.377 e. The molecule has 1 N–H and O–H groups in total. The maximum atomic E-state index is 11.4. The zero-order valence-corrected chi connectivity index (χ0v) is 16.6. The van der Waals surface area contributed by atoms with Crippen LogP contribution in [0.3, 0.4) is 0 Å². The van der Waals surface area contributed by atoms with Gasteiger partial charge in [0, 0.05) is 12.1 Å². The quantitative estimate of drug-likeness (QED) is 0.342. The van der Waals surface area contributed by atoms with Gasteiger partial charge in [-0.1, -0.05) is 42.8 Å². The topological polar surface area (TPSA) is 58.4 Å². The van der Waals surface area contributed by atoms with Crippen LogP contribution < -0.4 is 5.32 Å². The van der Waals surface area contributed by atoms with Gasteiger partial charge in [-0.2, -0.15) is 0 Å². The maximum Gasteiger partial charge on any atom is 0.292 e. The number of rotatable bonds is 11. The van der Waals surface area contributed by atoms with E-state index in [0.29, 0.717) is 5.69 Å². The molecule has 0 amide bonds. The molecule has 5 heteroatoms. The molecule has 2 rings (SSSR count). The van der Waals surface area contributed by atoms with Gasteiger partial charge in [0.05, 0.1) is 4.92 Å². The van der Waals surface area contributed by atoms with Gasteiger partial charge in [0.2, 0.25) is 0 Å². The lowest BCUT2D eigenvalue weighted by Gasteiger charge is -2.22. The average Bonchev–Trinajstić information content (AvgIpc) is 2.64. The predicted molar refractivity (Wildman–Crippen MR) is 112 cm³/mol. The molecule has 0 radical (unpaired) electrons. The van der Waals surface area contributed by atoms with Crippen LogP contribution in [0.25, 0.3) is 0 Å². The minimum atomic E-state index is -0.298. The Balaban J connectivity index is 1.96. The van der Waals surface area contributed by atoms with Crippen molar-refractivity contribution in [2.24, 2.45) is 0 Å². The summed E-state index contributed by atoms with van der Waals surface area (Å²) in [5, 5.41) is 14.8. The van der Waals surface area contributed by atoms with E-state index < -0.39 is 0 Å². The predicted octanol–water partition coefficient (Wildman–Crippen LogP) is 5.05. The summed E-state index contributed by atoms with van der Waals surface area (Å²) in [6, 6.07) is 16.1. The van der Waals surface area contributed by atoms with Crippen molar-refractivity contribution in [2.45, 2.75) is 45.1 Å². The summed E-state index contributed by atoms with van der Waals surface area (Å²) in [4.78, 5) is 13.3. The molecule has 0 aliphatic heterocycles. The van der Waals surface area contributed by atoms with Gasteiger partial charge in [-0.05, 0) is 70.4 Å². The summed E-state index contributed by atoms with van der Waals surface area (Å²) in [5.74, 6) is 0. The fourth-order valence-electron chi connectivity index (χ4n) is 3.20. The molecule has 0 aliphatic carbocycles. The van der Waals surface area contributed by atoms with E-state index in [4.69, 9.17) is 0 Å². The van der Waals surface area contributed by atoms with E-state index in [-0.39, 0.29) is 16.7 Å². The standard InChI is InChI=1S/C22H31N3O2/c1-18-13-14-21(22(17-18)25(26)27)23-20(15-16-24(2)3)12-8-7-11-19-9-5-4-6-10-19/h4-6,9-10,13-14,17,20,23H,7-8,11-12,15-16H2,1-3H3/t20-/m0/s1. The Bertz CT molecular complexity index is 717. The molecule has 0 bridgehead atoms. The zero-order valence-electron chi connectivity index (χ0n) is 16.6. The van der Waals surface area contributed by atoms with Gasteiger partial charge in [-0.25, -0.2) is 0 Å². The van der Waals surface area contributed by atoms with E-state index >= 15 is 0 Å². The number of nitro groups is 1. The number of aryl methyl sites for hydroxylation is 2. The van der Waals surface area contributed by atoms with E-state index in [1.54, 1.807) is 6.07 Å². The van der Waals surface area contributed by atoms with Crippen LogP contribution in [0.5, 0.6) is 0 Å². The molecular weight excluding hydrogens is 338 g/mol. The van der Waals surface area contributed by atoms with Crippen molar-refractivity contribution in [3.05, 3.63) is 69.8 Å². The normalized spacial score (nSPS) is 12.1. The molecule has 0 unspecified atom stereocenters. The molecule has 1 atom stereocenters. The van der Waals surface area contributed by atoms with E-state index in [2.05, 4.69) is 48.6 Å². The lowest BCUT2D eigenvalue weighted by Crippen LogP contribution is -2.26. The van der Waals surface area contributed by atoms with Crippen molar-refractivity contribution in [2.75, 3.05) is 26.0 Å². The number of unbranched alkanes of at least 4 members (excludes halogenated alkanes) is 1. The number of nitrogens with one attached hydrogen (secondary N) is 1. The molecular formula is C22H31N3O2. The average molecular weight is 370 g/mol. The van der Waals surface area contributed by atoms with Crippen molar-refractivity contribution in [1.29, 1.82) is 0 Å². The molecule has 146 valence electrons. The lowest BCUT2D eigenvalue weighted by atomic mass is 10.0. The van der Waals surface area contributed by atoms with E-state index in [9.17, 15) is 10.1 Å². The molecule has 5 nitrogen and oxygen atoms in total. The van der Waals surface area contributed by atoms with Gasteiger partial charge in [-0.15, -0.1) is 0 Å². The first-order chi connectivity index (χ1) is 13.0. The highest BCUT2D eigenvalue weighted by atomic mass is 16.6. The van der Waals surface area contributed by atoms with Crippen LogP contribution in [-0.2, 0) is 6.42 Å². The van der Waals surface area contributed by atoms with Crippen LogP contribution in [0, 0.1) is 17.0 Å². The molecule has 0 spiro atoms. The minimum absolute atomic E-state index is 0.161. The molecule has 27 heavy (non-hydrogen) atoms. The first-order valence-electron chi connectivity index (χ1n) is 9.66. The maximum absolute atomic E-state index is 11.4. The second-order valence-electron chi connectivity index (χ2n) is 7.44. The smallest absolute Gasteiger partial charge is 0.292 e. The third-order valence-corrected chi connectivity index (χ3v) is 4.75. The fourth-order valence-corrected chi connectivity index (χ4v) is 3.20. The van der Waals surface area contributed by atoms with E-state index in [0.717, 1.165) is 44.2 Å². The summed E-state index contributed by atoms with van der Waals surface area (Å²) in [5.41, 5.74) is 3.05. The zero-order chi connectivity index (χ0) is 19.6. The van der Waals surface area contributed by atoms with Gasteiger partial charge in [-0.3, -0.25) is 10.1 Å². The van der Waals surface area contributed by atoms with E-state index in [1.807, 2.05) is 25.1 Å². The lowest BCUT2D eigenvalue weighted by molar-refractivity contribution is -0.384. The molecule has 0 aromatic heterocycles. The third kappa shape index (κ3) is 7.39. The van der Waals surface area contributed by atoms with Crippen LogP contribution in [0.1, 0.15) is 36.8 Å². The number of hydrogen-bond donors (Lipinski definition) is 1. The molecule has 2 aromatic carbocycles. The highest BCUT2D eigenvalue weighted by molar-refractivity contribution is 5.62.